The number of carbonyl (C=O) groups excluding carboxylic acids is 1. The van der Waals surface area contributed by atoms with Crippen LogP contribution in [0.25, 0.3) is 0 Å². The summed E-state index contributed by atoms with van der Waals surface area (Å²) in [6.07, 6.45) is 0. The molecule has 1 fully saturated rings. The molecule has 5 heteroatoms. The Morgan fingerprint density at radius 2 is 2.32 bits per heavy atom. The first kappa shape index (κ1) is 13.8. The number of rotatable bonds is 4. The van der Waals surface area contributed by atoms with Crippen LogP contribution in [-0.2, 0) is 16.1 Å². The number of ether oxygens (including phenoxy) is 2. The van der Waals surface area contributed by atoms with E-state index in [4.69, 9.17) is 15.2 Å². The number of morpholine rings is 1. The van der Waals surface area contributed by atoms with E-state index >= 15 is 0 Å². The molecule has 19 heavy (non-hydrogen) atoms. The number of hydrogen-bond donors (Lipinski definition) is 1. The standard InChI is InChI=1S/C14H20N2O3/c1-10-3-4-13(18-2)11(5-10)7-16-12(6-15)8-19-9-14(16)17/h3-5,12H,6-9,15H2,1-2H3. The van der Waals surface area contributed by atoms with Gasteiger partial charge in [0.05, 0.1) is 19.8 Å². The summed E-state index contributed by atoms with van der Waals surface area (Å²) in [6, 6.07) is 5.89. The van der Waals surface area contributed by atoms with E-state index in [9.17, 15) is 4.79 Å². The number of nitrogens with zero attached hydrogens (tertiary/aromatic N) is 1. The molecule has 1 saturated heterocycles. The molecule has 0 bridgehead atoms. The minimum atomic E-state index is -0.0635. The molecule has 2 N–H and O–H groups in total. The minimum absolute atomic E-state index is 0.0229. The van der Waals surface area contributed by atoms with E-state index in [0.29, 0.717) is 19.7 Å². The zero-order valence-corrected chi connectivity index (χ0v) is 11.4. The van der Waals surface area contributed by atoms with Crippen LogP contribution in [0.3, 0.4) is 0 Å². The SMILES string of the molecule is COc1ccc(C)cc1CN1C(=O)COCC1CN. The molecule has 0 aliphatic carbocycles. The lowest BCUT2D eigenvalue weighted by Gasteiger charge is -2.35. The monoisotopic (exact) mass is 264 g/mol. The van der Waals surface area contributed by atoms with Gasteiger partial charge in [0.1, 0.15) is 12.4 Å². The lowest BCUT2D eigenvalue weighted by Crippen LogP contribution is -2.52. The topological polar surface area (TPSA) is 64.8 Å². The second kappa shape index (κ2) is 6.04. The average molecular weight is 264 g/mol. The van der Waals surface area contributed by atoms with Crippen molar-refractivity contribution in [2.24, 2.45) is 5.73 Å². The van der Waals surface area contributed by atoms with Crippen LogP contribution in [0.1, 0.15) is 11.1 Å². The van der Waals surface area contributed by atoms with Crippen molar-refractivity contribution in [3.05, 3.63) is 29.3 Å². The van der Waals surface area contributed by atoms with Gasteiger partial charge in [-0.1, -0.05) is 17.7 Å². The molecule has 5 nitrogen and oxygen atoms in total. The molecule has 1 heterocycles. The zero-order valence-electron chi connectivity index (χ0n) is 11.4. The van der Waals surface area contributed by atoms with Gasteiger partial charge in [-0.05, 0) is 13.0 Å². The van der Waals surface area contributed by atoms with Crippen molar-refractivity contribution in [3.63, 3.8) is 0 Å². The third-order valence-corrected chi connectivity index (χ3v) is 3.35. The van der Waals surface area contributed by atoms with Crippen LogP contribution in [0, 0.1) is 6.92 Å². The van der Waals surface area contributed by atoms with Gasteiger partial charge in [-0.2, -0.15) is 0 Å². The van der Waals surface area contributed by atoms with E-state index in [1.54, 1.807) is 12.0 Å². The van der Waals surface area contributed by atoms with E-state index in [0.717, 1.165) is 16.9 Å². The van der Waals surface area contributed by atoms with E-state index in [2.05, 4.69) is 0 Å². The second-order valence-corrected chi connectivity index (χ2v) is 4.74. The average Bonchev–Trinajstić information content (AvgIpc) is 2.41. The lowest BCUT2D eigenvalue weighted by atomic mass is 10.1. The molecule has 2 rings (SSSR count). The molecule has 104 valence electrons. The van der Waals surface area contributed by atoms with E-state index in [1.165, 1.54) is 0 Å². The zero-order chi connectivity index (χ0) is 13.8. The van der Waals surface area contributed by atoms with Crippen molar-refractivity contribution in [1.29, 1.82) is 0 Å². The maximum atomic E-state index is 12.0. The number of amides is 1. The molecule has 1 aliphatic rings. The highest BCUT2D eigenvalue weighted by Gasteiger charge is 2.28. The van der Waals surface area contributed by atoms with Crippen molar-refractivity contribution in [2.45, 2.75) is 19.5 Å². The summed E-state index contributed by atoms with van der Waals surface area (Å²) in [5.74, 6) is 0.769. The van der Waals surface area contributed by atoms with Crippen LogP contribution >= 0.6 is 0 Å². The number of hydrogen-bond acceptors (Lipinski definition) is 4. The van der Waals surface area contributed by atoms with E-state index in [1.807, 2.05) is 25.1 Å². The van der Waals surface area contributed by atoms with Gasteiger partial charge in [-0.25, -0.2) is 0 Å². The summed E-state index contributed by atoms with van der Waals surface area (Å²) in [5.41, 5.74) is 7.84. The van der Waals surface area contributed by atoms with Gasteiger partial charge in [-0.3, -0.25) is 4.79 Å². The van der Waals surface area contributed by atoms with Crippen molar-refractivity contribution < 1.29 is 14.3 Å². The Morgan fingerprint density at radius 3 is 3.00 bits per heavy atom. The summed E-state index contributed by atoms with van der Waals surface area (Å²) in [4.78, 5) is 13.7. The maximum absolute atomic E-state index is 12.0. The van der Waals surface area contributed by atoms with Crippen LogP contribution in [0.2, 0.25) is 0 Å². The smallest absolute Gasteiger partial charge is 0.249 e. The van der Waals surface area contributed by atoms with Gasteiger partial charge in [0.2, 0.25) is 5.91 Å². The highest BCUT2D eigenvalue weighted by atomic mass is 16.5. The van der Waals surface area contributed by atoms with E-state index in [-0.39, 0.29) is 18.6 Å². The Morgan fingerprint density at radius 1 is 1.53 bits per heavy atom. The summed E-state index contributed by atoms with van der Waals surface area (Å²) in [5, 5.41) is 0. The number of methoxy groups -OCH3 is 1. The lowest BCUT2D eigenvalue weighted by molar-refractivity contribution is -0.148. The molecule has 0 spiro atoms. The van der Waals surface area contributed by atoms with Gasteiger partial charge in [0, 0.05) is 18.7 Å². The molecule has 1 aliphatic heterocycles. The number of benzene rings is 1. The molecule has 1 unspecified atom stereocenters. The summed E-state index contributed by atoms with van der Waals surface area (Å²) >= 11 is 0. The molecule has 0 saturated carbocycles. The molecule has 1 aromatic rings. The van der Waals surface area contributed by atoms with Crippen LogP contribution in [0.4, 0.5) is 0 Å². The number of aryl methyl sites for hydroxylation is 1. The van der Waals surface area contributed by atoms with Gasteiger partial charge in [0.25, 0.3) is 0 Å². The highest BCUT2D eigenvalue weighted by Crippen LogP contribution is 2.23. The van der Waals surface area contributed by atoms with Gasteiger partial charge < -0.3 is 20.1 Å². The van der Waals surface area contributed by atoms with Crippen LogP contribution in [0.5, 0.6) is 5.75 Å². The maximum Gasteiger partial charge on any atom is 0.249 e. The van der Waals surface area contributed by atoms with Crippen LogP contribution in [-0.4, -0.2) is 43.7 Å². The second-order valence-electron chi connectivity index (χ2n) is 4.74. The van der Waals surface area contributed by atoms with Crippen molar-refractivity contribution >= 4 is 5.91 Å². The van der Waals surface area contributed by atoms with Crippen LogP contribution in [0.15, 0.2) is 18.2 Å². The Labute approximate surface area is 113 Å². The van der Waals surface area contributed by atoms with Crippen molar-refractivity contribution in [1.82, 2.24) is 4.90 Å². The van der Waals surface area contributed by atoms with Gasteiger partial charge in [0.15, 0.2) is 0 Å². The van der Waals surface area contributed by atoms with Crippen molar-refractivity contribution in [2.75, 3.05) is 26.9 Å². The Balaban J connectivity index is 2.23. The largest absolute Gasteiger partial charge is 0.496 e. The first-order valence-corrected chi connectivity index (χ1v) is 6.36. The quantitative estimate of drug-likeness (QED) is 0.869. The molecule has 0 aromatic heterocycles. The first-order chi connectivity index (χ1) is 9.15. The molecule has 1 atom stereocenters. The molecule has 1 aromatic carbocycles. The Bertz CT molecular complexity index is 462. The fourth-order valence-corrected chi connectivity index (χ4v) is 2.29. The van der Waals surface area contributed by atoms with Gasteiger partial charge in [-0.15, -0.1) is 0 Å². The minimum Gasteiger partial charge on any atom is -0.496 e. The Hall–Kier alpha value is -1.59. The molecular formula is C14H20N2O3. The molecule has 0 radical (unpaired) electrons. The summed E-state index contributed by atoms with van der Waals surface area (Å²) in [7, 11) is 1.63. The predicted octanol–water partition coefficient (Wildman–Crippen LogP) is 0.690. The third kappa shape index (κ3) is 3.05. The van der Waals surface area contributed by atoms with Crippen molar-refractivity contribution in [3.8, 4) is 5.75 Å². The van der Waals surface area contributed by atoms with Crippen LogP contribution < -0.4 is 10.5 Å². The molecular weight excluding hydrogens is 244 g/mol. The Kier molecular flexibility index (Phi) is 4.39. The normalized spacial score (nSPS) is 19.6. The molecule has 1 amide bonds. The summed E-state index contributed by atoms with van der Waals surface area (Å²) < 4.78 is 10.6. The first-order valence-electron chi connectivity index (χ1n) is 6.36. The fraction of sp³-hybridized carbons (Fsp3) is 0.500. The number of carbonyl (C=O) groups is 1. The third-order valence-electron chi connectivity index (χ3n) is 3.35. The van der Waals surface area contributed by atoms with E-state index < -0.39 is 0 Å². The fourth-order valence-electron chi connectivity index (χ4n) is 2.29. The highest BCUT2D eigenvalue weighted by molar-refractivity contribution is 5.78. The predicted molar refractivity (Wildman–Crippen MR) is 71.9 cm³/mol. The summed E-state index contributed by atoms with van der Waals surface area (Å²) in [6.45, 7) is 3.56. The van der Waals surface area contributed by atoms with Gasteiger partial charge >= 0.3 is 0 Å². The number of nitrogens with two attached hydrogens (primary N) is 1.